The molecule has 1 heterocycles. The summed E-state index contributed by atoms with van der Waals surface area (Å²) in [4.78, 5) is 4.22. The monoisotopic (exact) mass is 309 g/mol. The molecule has 1 aromatic carbocycles. The van der Waals surface area contributed by atoms with Gasteiger partial charge in [0.1, 0.15) is 5.82 Å². The van der Waals surface area contributed by atoms with Crippen LogP contribution in [-0.2, 0) is 16.6 Å². The maximum atomic E-state index is 13.1. The molecule has 0 aliphatic carbocycles. The van der Waals surface area contributed by atoms with Gasteiger partial charge in [-0.2, -0.15) is 4.31 Å². The van der Waals surface area contributed by atoms with E-state index in [4.69, 9.17) is 5.73 Å². The predicted octanol–water partition coefficient (Wildman–Crippen LogP) is 1.93. The van der Waals surface area contributed by atoms with Crippen molar-refractivity contribution < 1.29 is 12.8 Å². The fourth-order valence-electron chi connectivity index (χ4n) is 1.86. The number of aryl methyl sites for hydroxylation is 1. The summed E-state index contributed by atoms with van der Waals surface area (Å²) >= 11 is 0. The van der Waals surface area contributed by atoms with Crippen molar-refractivity contribution in [2.75, 3.05) is 12.8 Å². The second-order valence-corrected chi connectivity index (χ2v) is 6.76. The number of hydrogen-bond donors (Lipinski definition) is 1. The lowest BCUT2D eigenvalue weighted by atomic mass is 10.3. The topological polar surface area (TPSA) is 76.3 Å². The summed E-state index contributed by atoms with van der Waals surface area (Å²) < 4.78 is 39.1. The lowest BCUT2D eigenvalue weighted by Crippen LogP contribution is -2.27. The molecule has 0 aliphatic rings. The third-order valence-corrected chi connectivity index (χ3v) is 4.81. The van der Waals surface area contributed by atoms with Gasteiger partial charge in [-0.25, -0.2) is 12.8 Å². The van der Waals surface area contributed by atoms with Crippen LogP contribution in [0.5, 0.6) is 0 Å². The van der Waals surface area contributed by atoms with E-state index in [9.17, 15) is 12.8 Å². The Hall–Kier alpha value is -1.99. The number of nitrogens with two attached hydrogens (primary N) is 1. The number of benzene rings is 1. The van der Waals surface area contributed by atoms with Crippen molar-refractivity contribution in [2.45, 2.75) is 18.4 Å². The highest BCUT2D eigenvalue weighted by molar-refractivity contribution is 7.89. The molecule has 7 heteroatoms. The van der Waals surface area contributed by atoms with E-state index >= 15 is 0 Å². The number of anilines is 1. The maximum absolute atomic E-state index is 13.1. The van der Waals surface area contributed by atoms with E-state index in [1.54, 1.807) is 6.07 Å². The average molecular weight is 309 g/mol. The first-order chi connectivity index (χ1) is 9.80. The zero-order chi connectivity index (χ0) is 15.6. The Morgan fingerprint density at radius 2 is 2.00 bits per heavy atom. The number of hydrogen-bond acceptors (Lipinski definition) is 4. The summed E-state index contributed by atoms with van der Waals surface area (Å²) in [6.45, 7) is 1.96. The van der Waals surface area contributed by atoms with Crippen LogP contribution in [0.15, 0.2) is 41.3 Å². The second kappa shape index (κ2) is 5.79. The highest BCUT2D eigenvalue weighted by Crippen LogP contribution is 2.20. The standard InChI is InChI=1S/C14H16FN3O2S/c1-10-4-3-5-11(17-10)9-18(2)21(19,20)12-6-7-13(15)14(16)8-12/h3-8H,9,16H2,1-2H3. The van der Waals surface area contributed by atoms with Crippen molar-refractivity contribution in [3.05, 3.63) is 53.6 Å². The summed E-state index contributed by atoms with van der Waals surface area (Å²) in [7, 11) is -2.30. The van der Waals surface area contributed by atoms with E-state index < -0.39 is 15.8 Å². The lowest BCUT2D eigenvalue weighted by molar-refractivity contribution is 0.461. The lowest BCUT2D eigenvalue weighted by Gasteiger charge is -2.17. The van der Waals surface area contributed by atoms with Crippen molar-refractivity contribution in [3.63, 3.8) is 0 Å². The van der Waals surface area contributed by atoms with Crippen LogP contribution in [0, 0.1) is 12.7 Å². The molecule has 2 N–H and O–H groups in total. The van der Waals surface area contributed by atoms with Gasteiger partial charge in [-0.05, 0) is 37.3 Å². The summed E-state index contributed by atoms with van der Waals surface area (Å²) in [5.41, 5.74) is 6.67. The molecule has 21 heavy (non-hydrogen) atoms. The molecule has 5 nitrogen and oxygen atoms in total. The Labute approximate surface area is 123 Å². The highest BCUT2D eigenvalue weighted by atomic mass is 32.2. The zero-order valence-corrected chi connectivity index (χ0v) is 12.6. The van der Waals surface area contributed by atoms with Crippen molar-refractivity contribution in [2.24, 2.45) is 0 Å². The Kier molecular flexibility index (Phi) is 4.24. The van der Waals surface area contributed by atoms with Gasteiger partial charge < -0.3 is 5.73 Å². The molecule has 0 aliphatic heterocycles. The van der Waals surface area contributed by atoms with Gasteiger partial charge in [0.2, 0.25) is 10.0 Å². The first-order valence-corrected chi connectivity index (χ1v) is 7.68. The molecule has 112 valence electrons. The minimum Gasteiger partial charge on any atom is -0.396 e. The molecule has 0 fully saturated rings. The molecular formula is C14H16FN3O2S. The van der Waals surface area contributed by atoms with Gasteiger partial charge in [0.25, 0.3) is 0 Å². The van der Waals surface area contributed by atoms with E-state index in [0.29, 0.717) is 5.69 Å². The summed E-state index contributed by atoms with van der Waals surface area (Å²) in [6, 6.07) is 8.75. The van der Waals surface area contributed by atoms with Crippen LogP contribution in [0.1, 0.15) is 11.4 Å². The van der Waals surface area contributed by atoms with E-state index in [2.05, 4.69) is 4.98 Å². The first-order valence-electron chi connectivity index (χ1n) is 6.24. The molecule has 1 aromatic heterocycles. The van der Waals surface area contributed by atoms with E-state index in [0.717, 1.165) is 22.1 Å². The average Bonchev–Trinajstić information content (AvgIpc) is 2.41. The fourth-order valence-corrected chi connectivity index (χ4v) is 3.04. The van der Waals surface area contributed by atoms with Gasteiger partial charge in [0.05, 0.1) is 22.8 Å². The third kappa shape index (κ3) is 3.37. The van der Waals surface area contributed by atoms with Crippen LogP contribution in [-0.4, -0.2) is 24.8 Å². The van der Waals surface area contributed by atoms with Gasteiger partial charge in [-0.3, -0.25) is 4.98 Å². The Bertz CT molecular complexity index is 763. The zero-order valence-electron chi connectivity index (χ0n) is 11.7. The normalized spacial score (nSPS) is 11.8. The molecule has 0 spiro atoms. The number of nitrogens with zero attached hydrogens (tertiary/aromatic N) is 2. The van der Waals surface area contributed by atoms with Gasteiger partial charge in [-0.1, -0.05) is 6.07 Å². The highest BCUT2D eigenvalue weighted by Gasteiger charge is 2.22. The van der Waals surface area contributed by atoms with Crippen molar-refractivity contribution >= 4 is 15.7 Å². The second-order valence-electron chi connectivity index (χ2n) is 4.71. The maximum Gasteiger partial charge on any atom is 0.243 e. The quantitative estimate of drug-likeness (QED) is 0.876. The Balaban J connectivity index is 2.28. The van der Waals surface area contributed by atoms with Gasteiger partial charge in [0.15, 0.2) is 0 Å². The molecule has 0 atom stereocenters. The smallest absolute Gasteiger partial charge is 0.243 e. The van der Waals surface area contributed by atoms with E-state index in [1.807, 2.05) is 19.1 Å². The molecule has 0 saturated heterocycles. The Morgan fingerprint density at radius 3 is 2.62 bits per heavy atom. The molecular weight excluding hydrogens is 293 g/mol. The van der Waals surface area contributed by atoms with Gasteiger partial charge in [0, 0.05) is 12.7 Å². The number of halogens is 1. The number of aromatic nitrogens is 1. The van der Waals surface area contributed by atoms with Gasteiger partial charge >= 0.3 is 0 Å². The molecule has 0 unspecified atom stereocenters. The van der Waals surface area contributed by atoms with Crippen LogP contribution in [0.3, 0.4) is 0 Å². The van der Waals surface area contributed by atoms with Crippen LogP contribution >= 0.6 is 0 Å². The van der Waals surface area contributed by atoms with Crippen LogP contribution in [0.25, 0.3) is 0 Å². The van der Waals surface area contributed by atoms with Crippen molar-refractivity contribution in [3.8, 4) is 0 Å². The molecule has 2 rings (SSSR count). The largest absolute Gasteiger partial charge is 0.396 e. The van der Waals surface area contributed by atoms with Crippen LogP contribution in [0.4, 0.5) is 10.1 Å². The molecule has 0 radical (unpaired) electrons. The van der Waals surface area contributed by atoms with Crippen LogP contribution < -0.4 is 5.73 Å². The van der Waals surface area contributed by atoms with Crippen LogP contribution in [0.2, 0.25) is 0 Å². The number of nitrogen functional groups attached to an aromatic ring is 1. The summed E-state index contributed by atoms with van der Waals surface area (Å²) in [5.74, 6) is -0.642. The SMILES string of the molecule is Cc1cccc(CN(C)S(=O)(=O)c2ccc(F)c(N)c2)n1. The predicted molar refractivity (Wildman–Crippen MR) is 78.4 cm³/mol. The fraction of sp³-hybridized carbons (Fsp3) is 0.214. The van der Waals surface area contributed by atoms with Crippen molar-refractivity contribution in [1.29, 1.82) is 0 Å². The number of rotatable bonds is 4. The number of sulfonamides is 1. The molecule has 0 amide bonds. The molecule has 0 bridgehead atoms. The minimum atomic E-state index is -3.74. The van der Waals surface area contributed by atoms with E-state index in [-0.39, 0.29) is 17.1 Å². The molecule has 2 aromatic rings. The summed E-state index contributed by atoms with van der Waals surface area (Å²) in [6.07, 6.45) is 0. The van der Waals surface area contributed by atoms with Crippen molar-refractivity contribution in [1.82, 2.24) is 9.29 Å². The van der Waals surface area contributed by atoms with Gasteiger partial charge in [-0.15, -0.1) is 0 Å². The first kappa shape index (κ1) is 15.4. The summed E-state index contributed by atoms with van der Waals surface area (Å²) in [5, 5.41) is 0. The molecule has 0 saturated carbocycles. The third-order valence-electron chi connectivity index (χ3n) is 3.01. The van der Waals surface area contributed by atoms with E-state index in [1.165, 1.54) is 13.1 Å². The Morgan fingerprint density at radius 1 is 1.29 bits per heavy atom. The minimum absolute atomic E-state index is 0.0449. The number of pyridine rings is 1.